The van der Waals surface area contributed by atoms with E-state index in [1.807, 2.05) is 19.1 Å². The molecule has 24 heavy (non-hydrogen) atoms. The van der Waals surface area contributed by atoms with Gasteiger partial charge >= 0.3 is 0 Å². The van der Waals surface area contributed by atoms with Crippen molar-refractivity contribution in [3.05, 3.63) is 83.8 Å². The number of benzene rings is 3. The number of hydrogen-bond donors (Lipinski definition) is 0. The first-order valence-electron chi connectivity index (χ1n) is 8.75. The lowest BCUT2D eigenvalue weighted by Gasteiger charge is -2.18. The maximum atomic E-state index is 4.83. The van der Waals surface area contributed by atoms with Crippen LogP contribution in [0.1, 0.15) is 29.7 Å². The van der Waals surface area contributed by atoms with Crippen LogP contribution < -0.4 is 0 Å². The highest BCUT2D eigenvalue weighted by atomic mass is 16.3. The van der Waals surface area contributed by atoms with Gasteiger partial charge in [-0.25, -0.2) is 0 Å². The molecule has 5 rings (SSSR count). The van der Waals surface area contributed by atoms with Crippen LogP contribution in [-0.2, 0) is 12.8 Å². The number of aryl methyl sites for hydroxylation is 3. The summed E-state index contributed by atoms with van der Waals surface area (Å²) in [7, 11) is 0. The molecular weight excluding hydrogens is 292 g/mol. The third-order valence-electron chi connectivity index (χ3n) is 4.92. The van der Waals surface area contributed by atoms with E-state index in [1.165, 1.54) is 47.2 Å². The molecule has 0 amide bonds. The minimum Gasteiger partial charge on any atom is -0.470 e. The van der Waals surface area contributed by atoms with Gasteiger partial charge in [-0.1, -0.05) is 48.5 Å². The molecule has 1 heteroatoms. The largest absolute Gasteiger partial charge is 0.470 e. The van der Waals surface area contributed by atoms with E-state index < -0.39 is 0 Å². The van der Waals surface area contributed by atoms with E-state index in [2.05, 4.69) is 48.5 Å². The molecule has 4 aromatic rings. The molecule has 0 atom stereocenters. The summed E-state index contributed by atoms with van der Waals surface area (Å²) in [6.45, 7) is 1.92. The van der Waals surface area contributed by atoms with E-state index in [1.54, 1.807) is 17.4 Å². The fraction of sp³-hybridized carbons (Fsp3) is 0.217. The van der Waals surface area contributed by atoms with Crippen molar-refractivity contribution >= 4 is 21.5 Å². The number of hydrogen-bond acceptors (Lipinski definition) is 1. The molecule has 1 nitrogen and oxygen atoms in total. The van der Waals surface area contributed by atoms with Crippen LogP contribution in [0, 0.1) is 6.92 Å². The Morgan fingerprint density at radius 2 is 1.54 bits per heavy atom. The van der Waals surface area contributed by atoms with Crippen molar-refractivity contribution in [3.8, 4) is 0 Å². The fourth-order valence-corrected chi connectivity index (χ4v) is 3.70. The van der Waals surface area contributed by atoms with Crippen molar-refractivity contribution in [2.75, 3.05) is 0 Å². The first-order chi connectivity index (χ1) is 11.8. The Morgan fingerprint density at radius 1 is 0.708 bits per heavy atom. The predicted molar refractivity (Wildman–Crippen MR) is 102 cm³/mol. The normalized spacial score (nSPS) is 13.4. The van der Waals surface area contributed by atoms with Gasteiger partial charge in [0.15, 0.2) is 0 Å². The lowest BCUT2D eigenvalue weighted by molar-refractivity contribution is 0.534. The molecule has 0 fully saturated rings. The minimum absolute atomic E-state index is 0.968. The molecule has 1 aliphatic rings. The van der Waals surface area contributed by atoms with Crippen LogP contribution in [0.4, 0.5) is 0 Å². The van der Waals surface area contributed by atoms with Gasteiger partial charge in [0.05, 0.1) is 6.26 Å². The minimum atomic E-state index is 0.968. The summed E-state index contributed by atoms with van der Waals surface area (Å²) in [6, 6.07) is 21.8. The van der Waals surface area contributed by atoms with Crippen LogP contribution in [0.2, 0.25) is 0 Å². The highest BCUT2D eigenvalue weighted by Gasteiger charge is 2.13. The van der Waals surface area contributed by atoms with Crippen molar-refractivity contribution in [1.29, 1.82) is 0 Å². The molecule has 0 aliphatic heterocycles. The molecule has 120 valence electrons. The van der Waals surface area contributed by atoms with Gasteiger partial charge in [0.25, 0.3) is 0 Å². The summed E-state index contributed by atoms with van der Waals surface area (Å²) in [6.07, 6.45) is 6.88. The first-order valence-corrected chi connectivity index (χ1v) is 8.75. The van der Waals surface area contributed by atoms with Crippen molar-refractivity contribution in [2.45, 2.75) is 32.6 Å². The average molecular weight is 314 g/mol. The second kappa shape index (κ2) is 6.52. The molecule has 0 spiro atoms. The Bertz CT molecular complexity index is 964. The lowest BCUT2D eigenvalue weighted by Crippen LogP contribution is -2.02. The van der Waals surface area contributed by atoms with Crippen LogP contribution in [0.15, 0.2) is 71.3 Å². The summed E-state index contributed by atoms with van der Waals surface area (Å²) in [4.78, 5) is 0. The topological polar surface area (TPSA) is 13.1 Å². The van der Waals surface area contributed by atoms with E-state index in [-0.39, 0.29) is 0 Å². The van der Waals surface area contributed by atoms with Crippen LogP contribution in [-0.4, -0.2) is 0 Å². The number of rotatable bonds is 0. The highest BCUT2D eigenvalue weighted by Crippen LogP contribution is 2.33. The van der Waals surface area contributed by atoms with E-state index in [4.69, 9.17) is 4.42 Å². The Balaban J connectivity index is 0.000000207. The highest BCUT2D eigenvalue weighted by molar-refractivity contribution is 6.08. The molecule has 1 aliphatic carbocycles. The van der Waals surface area contributed by atoms with Gasteiger partial charge in [-0.2, -0.15) is 0 Å². The van der Waals surface area contributed by atoms with Crippen LogP contribution in [0.5, 0.6) is 0 Å². The summed E-state index contributed by atoms with van der Waals surface area (Å²) in [5.41, 5.74) is 3.17. The monoisotopic (exact) mass is 314 g/mol. The molecule has 0 unspecified atom stereocenters. The van der Waals surface area contributed by atoms with Crippen molar-refractivity contribution in [2.24, 2.45) is 0 Å². The number of fused-ring (bicyclic) bond motifs is 5. The predicted octanol–water partition coefficient (Wildman–Crippen LogP) is 6.46. The van der Waals surface area contributed by atoms with Crippen molar-refractivity contribution in [1.82, 2.24) is 0 Å². The van der Waals surface area contributed by atoms with Gasteiger partial charge in [-0.3, -0.25) is 0 Å². The zero-order valence-corrected chi connectivity index (χ0v) is 14.1. The molecule has 1 heterocycles. The van der Waals surface area contributed by atoms with Gasteiger partial charge in [-0.15, -0.1) is 0 Å². The van der Waals surface area contributed by atoms with Gasteiger partial charge in [0, 0.05) is 0 Å². The first kappa shape index (κ1) is 15.0. The molecule has 1 aromatic heterocycles. The molecular formula is C23H22O. The summed E-state index contributed by atoms with van der Waals surface area (Å²) < 4.78 is 4.83. The molecule has 0 saturated carbocycles. The molecule has 3 aromatic carbocycles. The van der Waals surface area contributed by atoms with Crippen molar-refractivity contribution < 1.29 is 4.42 Å². The van der Waals surface area contributed by atoms with Gasteiger partial charge < -0.3 is 4.42 Å². The SMILES string of the molecule is Cc1ccco1.c1ccc2c(c1)ccc1c3c(ccc12)CCCC3. The fourth-order valence-electron chi connectivity index (χ4n) is 3.70. The lowest BCUT2D eigenvalue weighted by atomic mass is 9.86. The second-order valence-electron chi connectivity index (χ2n) is 6.52. The van der Waals surface area contributed by atoms with E-state index in [0.29, 0.717) is 0 Å². The molecule has 0 bridgehead atoms. The van der Waals surface area contributed by atoms with Crippen LogP contribution in [0.25, 0.3) is 21.5 Å². The Hall–Kier alpha value is -2.54. The third kappa shape index (κ3) is 2.82. The molecule has 0 saturated heterocycles. The average Bonchev–Trinajstić information content (AvgIpc) is 3.12. The van der Waals surface area contributed by atoms with Crippen LogP contribution >= 0.6 is 0 Å². The zero-order valence-electron chi connectivity index (χ0n) is 14.1. The quantitative estimate of drug-likeness (QED) is 0.339. The van der Waals surface area contributed by atoms with Crippen LogP contribution in [0.3, 0.4) is 0 Å². The van der Waals surface area contributed by atoms with Crippen molar-refractivity contribution in [3.63, 3.8) is 0 Å². The van der Waals surface area contributed by atoms with E-state index in [9.17, 15) is 0 Å². The smallest absolute Gasteiger partial charge is 0.100 e. The van der Waals surface area contributed by atoms with Gasteiger partial charge in [-0.05, 0) is 77.4 Å². The standard InChI is InChI=1S/C18H16.C5H6O/c1-3-7-15-13(5-1)9-11-18-16-8-4-2-6-14(16)10-12-17(15)18;1-5-3-2-4-6-5/h1,3,5,7,9-12H,2,4,6,8H2;2-4H,1H3. The summed E-state index contributed by atoms with van der Waals surface area (Å²) >= 11 is 0. The summed E-state index contributed by atoms with van der Waals surface area (Å²) in [5, 5.41) is 5.64. The third-order valence-corrected chi connectivity index (χ3v) is 4.92. The zero-order chi connectivity index (χ0) is 16.4. The maximum Gasteiger partial charge on any atom is 0.100 e. The summed E-state index contributed by atoms with van der Waals surface area (Å²) in [5.74, 6) is 0.968. The second-order valence-corrected chi connectivity index (χ2v) is 6.52. The van der Waals surface area contributed by atoms with E-state index >= 15 is 0 Å². The van der Waals surface area contributed by atoms with E-state index in [0.717, 1.165) is 5.76 Å². The molecule has 0 N–H and O–H groups in total. The molecule has 0 radical (unpaired) electrons. The Kier molecular flexibility index (Phi) is 4.08. The Labute approximate surface area is 142 Å². The van der Waals surface area contributed by atoms with Gasteiger partial charge in [0.1, 0.15) is 5.76 Å². The van der Waals surface area contributed by atoms with Gasteiger partial charge in [0.2, 0.25) is 0 Å². The Morgan fingerprint density at radius 3 is 2.33 bits per heavy atom. The maximum absolute atomic E-state index is 4.83. The number of furan rings is 1.